The van der Waals surface area contributed by atoms with Gasteiger partial charge in [-0.25, -0.2) is 0 Å². The van der Waals surface area contributed by atoms with E-state index in [-0.39, 0.29) is 12.4 Å². The van der Waals surface area contributed by atoms with Crippen molar-refractivity contribution in [3.05, 3.63) is 12.7 Å². The minimum absolute atomic E-state index is 0.159. The van der Waals surface area contributed by atoms with Crippen LogP contribution in [0.1, 0.15) is 13.3 Å². The monoisotopic (exact) mass is 201 g/mol. The Kier molecular flexibility index (Phi) is 4.07. The highest BCUT2D eigenvalue weighted by atomic mass is 16.7. The molecular weight excluding hydrogens is 182 g/mol. The van der Waals surface area contributed by atoms with Crippen molar-refractivity contribution < 1.29 is 14.6 Å². The Morgan fingerprint density at radius 2 is 2.36 bits per heavy atom. The van der Waals surface area contributed by atoms with Gasteiger partial charge in [-0.1, -0.05) is 13.0 Å². The summed E-state index contributed by atoms with van der Waals surface area (Å²) in [5.41, 5.74) is 5.84. The molecule has 1 fully saturated rings. The molecule has 1 rings (SSSR count). The number of aliphatic hydroxyl groups is 1. The number of hydrogen-bond donors (Lipinski definition) is 2. The van der Waals surface area contributed by atoms with Crippen LogP contribution in [0.25, 0.3) is 0 Å². The predicted octanol–water partition coefficient (Wildman–Crippen LogP) is 0.258. The zero-order valence-corrected chi connectivity index (χ0v) is 8.72. The van der Waals surface area contributed by atoms with E-state index in [1.165, 1.54) is 6.08 Å². The highest BCUT2D eigenvalue weighted by Crippen LogP contribution is 2.28. The van der Waals surface area contributed by atoms with Gasteiger partial charge in [0.2, 0.25) is 0 Å². The molecule has 0 aromatic rings. The van der Waals surface area contributed by atoms with Gasteiger partial charge in [-0.3, -0.25) is 0 Å². The maximum Gasteiger partial charge on any atom is 0.158 e. The summed E-state index contributed by atoms with van der Waals surface area (Å²) in [6.45, 7) is 5.54. The lowest BCUT2D eigenvalue weighted by atomic mass is 9.94. The molecule has 1 aliphatic heterocycles. The number of methoxy groups -OCH3 is 1. The van der Waals surface area contributed by atoms with E-state index in [0.717, 1.165) is 6.42 Å². The van der Waals surface area contributed by atoms with Crippen molar-refractivity contribution in [1.82, 2.24) is 0 Å². The molecule has 0 spiro atoms. The molecule has 0 amide bonds. The standard InChI is InChI=1S/C10H19NO3/c1-4-7(12)9(11)10-6(2)5-8(13-3)14-10/h4,6-10,12H,1,5,11H2,2-3H3/t6-,7-,8+,9+,10-/m1/s1. The second-order valence-electron chi connectivity index (χ2n) is 3.78. The average molecular weight is 201 g/mol. The van der Waals surface area contributed by atoms with E-state index in [1.807, 2.05) is 6.92 Å². The molecule has 1 aliphatic rings. The molecule has 0 aromatic carbocycles. The third-order valence-electron chi connectivity index (χ3n) is 2.71. The van der Waals surface area contributed by atoms with E-state index in [2.05, 4.69) is 6.58 Å². The van der Waals surface area contributed by atoms with Gasteiger partial charge in [0, 0.05) is 13.5 Å². The molecule has 0 aliphatic carbocycles. The fourth-order valence-corrected chi connectivity index (χ4v) is 1.78. The largest absolute Gasteiger partial charge is 0.387 e. The summed E-state index contributed by atoms with van der Waals surface area (Å²) >= 11 is 0. The summed E-state index contributed by atoms with van der Waals surface area (Å²) in [6, 6.07) is -0.428. The Bertz CT molecular complexity index is 198. The fraction of sp³-hybridized carbons (Fsp3) is 0.800. The van der Waals surface area contributed by atoms with Gasteiger partial charge in [-0.05, 0) is 5.92 Å². The topological polar surface area (TPSA) is 64.7 Å². The normalized spacial score (nSPS) is 36.7. The van der Waals surface area contributed by atoms with Crippen molar-refractivity contribution in [3.8, 4) is 0 Å². The lowest BCUT2D eigenvalue weighted by Crippen LogP contribution is -2.46. The van der Waals surface area contributed by atoms with Crippen molar-refractivity contribution in [2.24, 2.45) is 11.7 Å². The van der Waals surface area contributed by atoms with Gasteiger partial charge in [-0.2, -0.15) is 0 Å². The van der Waals surface area contributed by atoms with Gasteiger partial charge >= 0.3 is 0 Å². The number of ether oxygens (including phenoxy) is 2. The van der Waals surface area contributed by atoms with E-state index in [1.54, 1.807) is 7.11 Å². The van der Waals surface area contributed by atoms with E-state index < -0.39 is 12.1 Å². The molecular formula is C10H19NO3. The molecule has 82 valence electrons. The maximum absolute atomic E-state index is 9.50. The molecule has 5 atom stereocenters. The minimum atomic E-state index is -0.724. The molecule has 3 N–H and O–H groups in total. The van der Waals surface area contributed by atoms with Crippen LogP contribution in [0.5, 0.6) is 0 Å². The second kappa shape index (κ2) is 4.89. The van der Waals surface area contributed by atoms with Crippen LogP contribution in [0.2, 0.25) is 0 Å². The molecule has 4 nitrogen and oxygen atoms in total. The van der Waals surface area contributed by atoms with Crippen LogP contribution in [0.15, 0.2) is 12.7 Å². The van der Waals surface area contributed by atoms with Gasteiger partial charge in [0.1, 0.15) is 0 Å². The molecule has 0 aromatic heterocycles. The molecule has 14 heavy (non-hydrogen) atoms. The van der Waals surface area contributed by atoms with Crippen molar-refractivity contribution in [2.45, 2.75) is 37.9 Å². The summed E-state index contributed by atoms with van der Waals surface area (Å²) in [4.78, 5) is 0. The molecule has 0 saturated carbocycles. The number of rotatable bonds is 4. The van der Waals surface area contributed by atoms with E-state index in [9.17, 15) is 5.11 Å². The molecule has 0 unspecified atom stereocenters. The van der Waals surface area contributed by atoms with Gasteiger partial charge in [0.25, 0.3) is 0 Å². The Balaban J connectivity index is 2.56. The van der Waals surface area contributed by atoms with E-state index in [4.69, 9.17) is 15.2 Å². The molecule has 1 saturated heterocycles. The van der Waals surface area contributed by atoms with Crippen LogP contribution in [0.3, 0.4) is 0 Å². The number of aliphatic hydroxyl groups excluding tert-OH is 1. The first-order chi connectivity index (χ1) is 6.60. The lowest BCUT2D eigenvalue weighted by molar-refractivity contribution is -0.125. The van der Waals surface area contributed by atoms with Gasteiger partial charge in [0.15, 0.2) is 6.29 Å². The van der Waals surface area contributed by atoms with Crippen molar-refractivity contribution in [1.29, 1.82) is 0 Å². The first-order valence-corrected chi connectivity index (χ1v) is 4.84. The SMILES string of the molecule is C=C[C@@H](O)[C@H](N)[C@@H]1O[C@H](OC)C[C@H]1C. The summed E-state index contributed by atoms with van der Waals surface area (Å²) in [5.74, 6) is 0.296. The summed E-state index contributed by atoms with van der Waals surface area (Å²) in [5, 5.41) is 9.50. The molecule has 4 heteroatoms. The van der Waals surface area contributed by atoms with Crippen molar-refractivity contribution in [3.63, 3.8) is 0 Å². The zero-order chi connectivity index (χ0) is 10.7. The van der Waals surface area contributed by atoms with Crippen LogP contribution >= 0.6 is 0 Å². The molecule has 0 radical (unpaired) electrons. The Morgan fingerprint density at radius 3 is 2.79 bits per heavy atom. The van der Waals surface area contributed by atoms with Gasteiger partial charge in [0.05, 0.1) is 18.2 Å². The number of hydrogen-bond acceptors (Lipinski definition) is 4. The van der Waals surface area contributed by atoms with Crippen molar-refractivity contribution >= 4 is 0 Å². The Labute approximate surface area is 84.7 Å². The second-order valence-corrected chi connectivity index (χ2v) is 3.78. The molecule has 0 bridgehead atoms. The first-order valence-electron chi connectivity index (χ1n) is 4.84. The maximum atomic E-state index is 9.50. The third-order valence-corrected chi connectivity index (χ3v) is 2.71. The van der Waals surface area contributed by atoms with Gasteiger partial charge in [-0.15, -0.1) is 6.58 Å². The Hall–Kier alpha value is -0.420. The quantitative estimate of drug-likeness (QED) is 0.640. The van der Waals surface area contributed by atoms with Crippen LogP contribution < -0.4 is 5.73 Å². The number of nitrogens with two attached hydrogens (primary N) is 1. The highest BCUT2D eigenvalue weighted by molar-refractivity contribution is 4.95. The van der Waals surface area contributed by atoms with Crippen molar-refractivity contribution in [2.75, 3.05) is 7.11 Å². The smallest absolute Gasteiger partial charge is 0.158 e. The van der Waals surface area contributed by atoms with Crippen LogP contribution in [-0.2, 0) is 9.47 Å². The summed E-state index contributed by atoms with van der Waals surface area (Å²) in [6.07, 6.45) is 1.17. The summed E-state index contributed by atoms with van der Waals surface area (Å²) < 4.78 is 10.6. The first kappa shape index (κ1) is 11.7. The van der Waals surface area contributed by atoms with Crippen LogP contribution in [0, 0.1) is 5.92 Å². The fourth-order valence-electron chi connectivity index (χ4n) is 1.78. The summed E-state index contributed by atoms with van der Waals surface area (Å²) in [7, 11) is 1.61. The third kappa shape index (κ3) is 2.33. The predicted molar refractivity (Wildman–Crippen MR) is 53.6 cm³/mol. The minimum Gasteiger partial charge on any atom is -0.387 e. The lowest BCUT2D eigenvalue weighted by Gasteiger charge is -2.25. The zero-order valence-electron chi connectivity index (χ0n) is 8.72. The highest BCUT2D eigenvalue weighted by Gasteiger charge is 2.38. The van der Waals surface area contributed by atoms with Crippen LogP contribution in [0.4, 0.5) is 0 Å². The average Bonchev–Trinajstić information content (AvgIpc) is 2.57. The van der Waals surface area contributed by atoms with E-state index in [0.29, 0.717) is 5.92 Å². The van der Waals surface area contributed by atoms with Gasteiger partial charge < -0.3 is 20.3 Å². The Morgan fingerprint density at radius 1 is 1.71 bits per heavy atom. The molecule has 1 heterocycles. The van der Waals surface area contributed by atoms with Crippen LogP contribution in [-0.4, -0.2) is 36.8 Å². The van der Waals surface area contributed by atoms with E-state index >= 15 is 0 Å².